The number of Topliss-reactive ketones (excluding diaryl/α,β-unsaturated/α-hetero) is 2. The molecule has 0 fully saturated rings. The van der Waals surface area contributed by atoms with Gasteiger partial charge in [0.05, 0.1) is 0 Å². The monoisotopic (exact) mass is 342 g/mol. The lowest BCUT2D eigenvalue weighted by Crippen LogP contribution is -2.30. The van der Waals surface area contributed by atoms with Gasteiger partial charge in [-0.1, -0.05) is 78.9 Å². The van der Waals surface area contributed by atoms with E-state index in [2.05, 4.69) is 0 Å². The van der Waals surface area contributed by atoms with Crippen LogP contribution in [0.25, 0.3) is 0 Å². The van der Waals surface area contributed by atoms with Crippen LogP contribution >= 0.6 is 0 Å². The zero-order valence-electron chi connectivity index (χ0n) is 14.2. The highest BCUT2D eigenvalue weighted by Gasteiger charge is 2.40. The molecule has 0 unspecified atom stereocenters. The molecule has 26 heavy (non-hydrogen) atoms. The fraction of sp³-hybridized carbons (Fsp3) is 0.130. The Balaban J connectivity index is 1.66. The van der Waals surface area contributed by atoms with E-state index in [1.807, 2.05) is 60.7 Å². The number of fused-ring (bicyclic) bond motifs is 1. The zero-order valence-corrected chi connectivity index (χ0v) is 14.2. The van der Waals surface area contributed by atoms with Gasteiger partial charge in [-0.25, -0.2) is 0 Å². The van der Waals surface area contributed by atoms with E-state index in [-0.39, 0.29) is 23.9 Å². The van der Waals surface area contributed by atoms with Gasteiger partial charge < -0.3 is 4.74 Å². The standard InChI is InChI=1S/C23H18O3/c24-20(16-9-3-1-4-10-16)15-19-18-13-7-8-14-21(18)26-23(19)22(25)17-11-5-2-6-12-17/h1-14,19,23H,15H2/t19-,23-/m0/s1. The van der Waals surface area contributed by atoms with Crippen LogP contribution in [0.5, 0.6) is 5.75 Å². The number of benzene rings is 3. The highest BCUT2D eigenvalue weighted by molar-refractivity contribution is 6.02. The number of carbonyl (C=O) groups is 2. The second kappa shape index (κ2) is 6.96. The average Bonchev–Trinajstić information content (AvgIpc) is 3.07. The van der Waals surface area contributed by atoms with Crippen LogP contribution < -0.4 is 4.74 Å². The van der Waals surface area contributed by atoms with Gasteiger partial charge in [-0.15, -0.1) is 0 Å². The molecule has 0 saturated heterocycles. The lowest BCUT2D eigenvalue weighted by atomic mass is 9.85. The Morgan fingerprint density at radius 2 is 1.31 bits per heavy atom. The second-order valence-electron chi connectivity index (χ2n) is 6.41. The Kier molecular flexibility index (Phi) is 4.36. The van der Waals surface area contributed by atoms with Crippen molar-refractivity contribution < 1.29 is 14.3 Å². The molecule has 128 valence electrons. The molecule has 3 aromatic carbocycles. The average molecular weight is 342 g/mol. The van der Waals surface area contributed by atoms with Crippen LogP contribution in [0.3, 0.4) is 0 Å². The number of hydrogen-bond acceptors (Lipinski definition) is 3. The number of ketones is 2. The Labute approximate surface area is 152 Å². The highest BCUT2D eigenvalue weighted by atomic mass is 16.5. The molecule has 1 heterocycles. The van der Waals surface area contributed by atoms with Crippen LogP contribution in [0.1, 0.15) is 38.6 Å². The van der Waals surface area contributed by atoms with Crippen molar-refractivity contribution in [3.63, 3.8) is 0 Å². The first-order valence-corrected chi connectivity index (χ1v) is 8.67. The van der Waals surface area contributed by atoms with Crippen molar-refractivity contribution in [2.75, 3.05) is 0 Å². The predicted octanol–water partition coefficient (Wildman–Crippen LogP) is 4.69. The maximum Gasteiger partial charge on any atom is 0.203 e. The third-order valence-electron chi connectivity index (χ3n) is 4.76. The van der Waals surface area contributed by atoms with Crippen molar-refractivity contribution in [3.8, 4) is 5.75 Å². The second-order valence-corrected chi connectivity index (χ2v) is 6.41. The van der Waals surface area contributed by atoms with E-state index in [0.29, 0.717) is 16.9 Å². The minimum atomic E-state index is -0.678. The molecule has 2 atom stereocenters. The van der Waals surface area contributed by atoms with Crippen LogP contribution in [0.4, 0.5) is 0 Å². The summed E-state index contributed by atoms with van der Waals surface area (Å²) in [6.07, 6.45) is -0.438. The van der Waals surface area contributed by atoms with E-state index in [0.717, 1.165) is 5.56 Å². The fourth-order valence-electron chi connectivity index (χ4n) is 3.44. The van der Waals surface area contributed by atoms with Gasteiger partial charge in [0.25, 0.3) is 0 Å². The quantitative estimate of drug-likeness (QED) is 0.632. The first-order chi connectivity index (χ1) is 12.7. The summed E-state index contributed by atoms with van der Waals surface area (Å²) in [7, 11) is 0. The molecule has 3 nitrogen and oxygen atoms in total. The van der Waals surface area contributed by atoms with Crippen molar-refractivity contribution in [1.29, 1.82) is 0 Å². The molecule has 3 heteroatoms. The smallest absolute Gasteiger partial charge is 0.203 e. The van der Waals surface area contributed by atoms with Gasteiger partial charge in [0.15, 0.2) is 11.9 Å². The molecule has 0 aromatic heterocycles. The minimum absolute atomic E-state index is 0.0155. The molecule has 1 aliphatic heterocycles. The minimum Gasteiger partial charge on any atom is -0.481 e. The molecule has 1 aliphatic rings. The summed E-state index contributed by atoms with van der Waals surface area (Å²) in [6, 6.07) is 25.9. The van der Waals surface area contributed by atoms with Gasteiger partial charge in [-0.05, 0) is 6.07 Å². The van der Waals surface area contributed by atoms with Crippen LogP contribution in [0, 0.1) is 0 Å². The van der Waals surface area contributed by atoms with Crippen molar-refractivity contribution in [3.05, 3.63) is 102 Å². The van der Waals surface area contributed by atoms with Crippen LogP contribution in [0.2, 0.25) is 0 Å². The van der Waals surface area contributed by atoms with Gasteiger partial charge in [0, 0.05) is 29.0 Å². The molecular formula is C23H18O3. The van der Waals surface area contributed by atoms with E-state index >= 15 is 0 Å². The van der Waals surface area contributed by atoms with Crippen molar-refractivity contribution in [2.45, 2.75) is 18.4 Å². The molecule has 3 aromatic rings. The van der Waals surface area contributed by atoms with E-state index in [4.69, 9.17) is 4.74 Å². The summed E-state index contributed by atoms with van der Waals surface area (Å²) in [4.78, 5) is 25.8. The van der Waals surface area contributed by atoms with Crippen LogP contribution in [-0.2, 0) is 0 Å². The maximum absolute atomic E-state index is 13.0. The predicted molar refractivity (Wildman–Crippen MR) is 99.8 cm³/mol. The van der Waals surface area contributed by atoms with Crippen molar-refractivity contribution in [1.82, 2.24) is 0 Å². The molecule has 0 bridgehead atoms. The van der Waals surface area contributed by atoms with Gasteiger partial charge in [0.2, 0.25) is 5.78 Å². The number of para-hydroxylation sites is 1. The normalized spacial score (nSPS) is 18.0. The number of carbonyl (C=O) groups excluding carboxylic acids is 2. The molecular weight excluding hydrogens is 324 g/mol. The number of rotatable bonds is 5. The van der Waals surface area contributed by atoms with Crippen molar-refractivity contribution >= 4 is 11.6 Å². The Hall–Kier alpha value is -3.20. The van der Waals surface area contributed by atoms with Gasteiger partial charge in [-0.3, -0.25) is 9.59 Å². The first kappa shape index (κ1) is 16.3. The summed E-state index contributed by atoms with van der Waals surface area (Å²) >= 11 is 0. The fourth-order valence-corrected chi connectivity index (χ4v) is 3.44. The SMILES string of the molecule is O=C(C[C@H]1c2ccccc2O[C@@H]1C(=O)c1ccccc1)c1ccccc1. The van der Waals surface area contributed by atoms with Crippen molar-refractivity contribution in [2.24, 2.45) is 0 Å². The van der Waals surface area contributed by atoms with Gasteiger partial charge >= 0.3 is 0 Å². The summed E-state index contributed by atoms with van der Waals surface area (Å²) in [5, 5.41) is 0. The Morgan fingerprint density at radius 1 is 0.731 bits per heavy atom. The molecule has 0 radical (unpaired) electrons. The largest absolute Gasteiger partial charge is 0.481 e. The molecule has 0 saturated carbocycles. The number of hydrogen-bond donors (Lipinski definition) is 0. The van der Waals surface area contributed by atoms with E-state index in [9.17, 15) is 9.59 Å². The Morgan fingerprint density at radius 3 is 2.00 bits per heavy atom. The summed E-state index contributed by atoms with van der Waals surface area (Å²) in [6.45, 7) is 0. The third-order valence-corrected chi connectivity index (χ3v) is 4.76. The highest BCUT2D eigenvalue weighted by Crippen LogP contribution is 2.41. The first-order valence-electron chi connectivity index (χ1n) is 8.67. The molecule has 0 amide bonds. The molecule has 0 aliphatic carbocycles. The molecule has 4 rings (SSSR count). The van der Waals surface area contributed by atoms with Gasteiger partial charge in [0.1, 0.15) is 5.75 Å². The van der Waals surface area contributed by atoms with Gasteiger partial charge in [-0.2, -0.15) is 0 Å². The lowest BCUT2D eigenvalue weighted by molar-refractivity contribution is 0.0773. The summed E-state index contributed by atoms with van der Waals surface area (Å²) < 4.78 is 5.97. The molecule has 0 N–H and O–H groups in total. The maximum atomic E-state index is 13.0. The summed E-state index contributed by atoms with van der Waals surface area (Å²) in [5.41, 5.74) is 2.18. The number of ether oxygens (including phenoxy) is 1. The molecule has 0 spiro atoms. The zero-order chi connectivity index (χ0) is 17.9. The van der Waals surface area contributed by atoms with E-state index < -0.39 is 6.10 Å². The lowest BCUT2D eigenvalue weighted by Gasteiger charge is -2.18. The topological polar surface area (TPSA) is 43.4 Å². The third kappa shape index (κ3) is 3.04. The van der Waals surface area contributed by atoms with Crippen LogP contribution in [-0.4, -0.2) is 17.7 Å². The summed E-state index contributed by atoms with van der Waals surface area (Å²) in [5.74, 6) is 0.327. The van der Waals surface area contributed by atoms with E-state index in [1.165, 1.54) is 0 Å². The van der Waals surface area contributed by atoms with Crippen LogP contribution in [0.15, 0.2) is 84.9 Å². The van der Waals surface area contributed by atoms with E-state index in [1.54, 1.807) is 24.3 Å². The Bertz CT molecular complexity index is 932.